The topological polar surface area (TPSA) is 29.3 Å². The summed E-state index contributed by atoms with van der Waals surface area (Å²) in [4.78, 5) is 3.16. The van der Waals surface area contributed by atoms with Crippen LogP contribution in [0.2, 0.25) is 0 Å². The van der Waals surface area contributed by atoms with E-state index in [1.165, 1.54) is 28.5 Å². The molecule has 0 amide bonds. The van der Waals surface area contributed by atoms with E-state index >= 15 is 0 Å². The highest BCUT2D eigenvalue weighted by Gasteiger charge is 2.29. The third-order valence-corrected chi connectivity index (χ3v) is 4.86. The molecule has 0 saturated heterocycles. The zero-order valence-corrected chi connectivity index (χ0v) is 12.5. The number of hydrogen-bond donors (Lipinski definition) is 1. The molecule has 2 nitrogen and oxygen atoms in total. The molecular formula is C15H18N2S2. The van der Waals surface area contributed by atoms with Gasteiger partial charge in [-0.3, -0.25) is 4.90 Å². The summed E-state index contributed by atoms with van der Waals surface area (Å²) in [6.07, 6.45) is 3.46. The van der Waals surface area contributed by atoms with Gasteiger partial charge in [0.05, 0.1) is 4.99 Å². The Morgan fingerprint density at radius 1 is 1.37 bits per heavy atom. The zero-order chi connectivity index (χ0) is 13.2. The highest BCUT2D eigenvalue weighted by Crippen LogP contribution is 2.32. The molecule has 3 rings (SSSR count). The van der Waals surface area contributed by atoms with Gasteiger partial charge in [0.1, 0.15) is 0 Å². The molecule has 100 valence electrons. The maximum atomic E-state index is 5.63. The van der Waals surface area contributed by atoms with Gasteiger partial charge in [-0.15, -0.1) is 11.3 Å². The van der Waals surface area contributed by atoms with Gasteiger partial charge < -0.3 is 5.73 Å². The van der Waals surface area contributed by atoms with Gasteiger partial charge in [-0.05, 0) is 35.2 Å². The first kappa shape index (κ1) is 13.0. The van der Waals surface area contributed by atoms with Crippen LogP contribution in [0.3, 0.4) is 0 Å². The molecule has 19 heavy (non-hydrogen) atoms. The number of nitrogens with two attached hydrogens (primary N) is 1. The number of thiophene rings is 1. The molecular weight excluding hydrogens is 272 g/mol. The number of hydrogen-bond acceptors (Lipinski definition) is 3. The minimum Gasteiger partial charge on any atom is -0.393 e. The monoisotopic (exact) mass is 290 g/mol. The SMILES string of the molecule is NC(=S)CCN(Cc1csc2ccccc12)C1CC1. The van der Waals surface area contributed by atoms with Gasteiger partial charge in [-0.2, -0.15) is 0 Å². The van der Waals surface area contributed by atoms with Crippen molar-refractivity contribution < 1.29 is 0 Å². The summed E-state index contributed by atoms with van der Waals surface area (Å²) in [6.45, 7) is 2.02. The van der Waals surface area contributed by atoms with Gasteiger partial charge in [0.2, 0.25) is 0 Å². The lowest BCUT2D eigenvalue weighted by Gasteiger charge is -2.21. The molecule has 1 aromatic carbocycles. The molecule has 1 aromatic heterocycles. The van der Waals surface area contributed by atoms with Crippen molar-refractivity contribution in [3.63, 3.8) is 0 Å². The second-order valence-corrected chi connectivity index (χ2v) is 6.61. The van der Waals surface area contributed by atoms with Gasteiger partial charge in [0.25, 0.3) is 0 Å². The number of benzene rings is 1. The summed E-state index contributed by atoms with van der Waals surface area (Å²) in [5, 5.41) is 3.69. The Balaban J connectivity index is 1.75. The lowest BCUT2D eigenvalue weighted by atomic mass is 10.1. The van der Waals surface area contributed by atoms with Crippen LogP contribution in [-0.2, 0) is 6.54 Å². The fraction of sp³-hybridized carbons (Fsp3) is 0.400. The molecule has 2 aromatic rings. The fourth-order valence-electron chi connectivity index (χ4n) is 2.46. The molecule has 0 spiro atoms. The summed E-state index contributed by atoms with van der Waals surface area (Å²) in [7, 11) is 0. The summed E-state index contributed by atoms with van der Waals surface area (Å²) in [5.41, 5.74) is 7.07. The zero-order valence-electron chi connectivity index (χ0n) is 10.8. The largest absolute Gasteiger partial charge is 0.393 e. The average molecular weight is 290 g/mol. The number of rotatable bonds is 6. The quantitative estimate of drug-likeness (QED) is 0.825. The van der Waals surface area contributed by atoms with Crippen LogP contribution in [0.1, 0.15) is 24.8 Å². The van der Waals surface area contributed by atoms with Gasteiger partial charge >= 0.3 is 0 Å². The van der Waals surface area contributed by atoms with Crippen LogP contribution in [0.25, 0.3) is 10.1 Å². The van der Waals surface area contributed by atoms with Crippen LogP contribution in [-0.4, -0.2) is 22.5 Å². The Bertz CT molecular complexity index is 587. The normalized spacial score (nSPS) is 15.2. The molecule has 1 heterocycles. The maximum absolute atomic E-state index is 5.63. The average Bonchev–Trinajstić information content (AvgIpc) is 3.17. The first-order valence-electron chi connectivity index (χ1n) is 6.71. The van der Waals surface area contributed by atoms with Crippen molar-refractivity contribution in [2.75, 3.05) is 6.54 Å². The van der Waals surface area contributed by atoms with E-state index < -0.39 is 0 Å². The number of fused-ring (bicyclic) bond motifs is 1. The van der Waals surface area contributed by atoms with Gasteiger partial charge in [0, 0.05) is 30.3 Å². The lowest BCUT2D eigenvalue weighted by Crippen LogP contribution is -2.29. The third-order valence-electron chi connectivity index (χ3n) is 3.64. The minimum atomic E-state index is 0.626. The van der Waals surface area contributed by atoms with Crippen molar-refractivity contribution in [1.29, 1.82) is 0 Å². The van der Waals surface area contributed by atoms with Gasteiger partial charge in [-0.1, -0.05) is 30.4 Å². The van der Waals surface area contributed by atoms with E-state index in [4.69, 9.17) is 18.0 Å². The van der Waals surface area contributed by atoms with E-state index in [-0.39, 0.29) is 0 Å². The fourth-order valence-corrected chi connectivity index (χ4v) is 3.50. The van der Waals surface area contributed by atoms with E-state index in [2.05, 4.69) is 34.5 Å². The Morgan fingerprint density at radius 3 is 2.89 bits per heavy atom. The van der Waals surface area contributed by atoms with Crippen molar-refractivity contribution in [3.8, 4) is 0 Å². The van der Waals surface area contributed by atoms with Crippen LogP contribution >= 0.6 is 23.6 Å². The smallest absolute Gasteiger partial charge is 0.0740 e. The van der Waals surface area contributed by atoms with Crippen molar-refractivity contribution in [3.05, 3.63) is 35.2 Å². The molecule has 1 aliphatic rings. The Hall–Kier alpha value is -0.970. The van der Waals surface area contributed by atoms with Crippen LogP contribution in [0.4, 0.5) is 0 Å². The van der Waals surface area contributed by atoms with Crippen LogP contribution < -0.4 is 5.73 Å². The maximum Gasteiger partial charge on any atom is 0.0740 e. The molecule has 0 bridgehead atoms. The first-order valence-corrected chi connectivity index (χ1v) is 8.00. The van der Waals surface area contributed by atoms with E-state index in [9.17, 15) is 0 Å². The van der Waals surface area contributed by atoms with Crippen molar-refractivity contribution in [2.45, 2.75) is 31.8 Å². The predicted octanol–water partition coefficient (Wildman–Crippen LogP) is 3.54. The van der Waals surface area contributed by atoms with Crippen LogP contribution in [0.5, 0.6) is 0 Å². The molecule has 1 aliphatic carbocycles. The van der Waals surface area contributed by atoms with E-state index in [1.54, 1.807) is 0 Å². The molecule has 1 fully saturated rings. The summed E-state index contributed by atoms with van der Waals surface area (Å²) < 4.78 is 1.38. The van der Waals surface area contributed by atoms with Crippen molar-refractivity contribution in [1.82, 2.24) is 4.90 Å². The van der Waals surface area contributed by atoms with E-state index in [0.29, 0.717) is 4.99 Å². The Kier molecular flexibility index (Phi) is 3.82. The Labute approximate surface area is 123 Å². The highest BCUT2D eigenvalue weighted by atomic mass is 32.1. The number of thiocarbonyl (C=S) groups is 1. The van der Waals surface area contributed by atoms with Gasteiger partial charge in [-0.25, -0.2) is 0 Å². The number of nitrogens with zero attached hydrogens (tertiary/aromatic N) is 1. The highest BCUT2D eigenvalue weighted by molar-refractivity contribution is 7.80. The second kappa shape index (κ2) is 5.57. The predicted molar refractivity (Wildman–Crippen MR) is 86.7 cm³/mol. The molecule has 0 radical (unpaired) electrons. The Morgan fingerprint density at radius 2 is 2.16 bits per heavy atom. The van der Waals surface area contributed by atoms with Crippen LogP contribution in [0.15, 0.2) is 29.6 Å². The molecule has 0 atom stereocenters. The molecule has 0 unspecified atom stereocenters. The molecule has 2 N–H and O–H groups in total. The van der Waals surface area contributed by atoms with Gasteiger partial charge in [0.15, 0.2) is 0 Å². The van der Waals surface area contributed by atoms with E-state index in [1.807, 2.05) is 11.3 Å². The summed E-state index contributed by atoms with van der Waals surface area (Å²) >= 11 is 6.83. The minimum absolute atomic E-state index is 0.626. The summed E-state index contributed by atoms with van der Waals surface area (Å²) in [5.74, 6) is 0. The van der Waals surface area contributed by atoms with Crippen molar-refractivity contribution in [2.24, 2.45) is 5.73 Å². The molecule has 1 saturated carbocycles. The standard InChI is InChI=1S/C15H18N2S2/c16-15(18)7-8-17(12-5-6-12)9-11-10-19-14-4-2-1-3-13(11)14/h1-4,10,12H,5-9H2,(H2,16,18). The summed E-state index contributed by atoms with van der Waals surface area (Å²) in [6, 6.07) is 9.39. The lowest BCUT2D eigenvalue weighted by molar-refractivity contribution is 0.264. The van der Waals surface area contributed by atoms with E-state index in [0.717, 1.165) is 25.6 Å². The van der Waals surface area contributed by atoms with Crippen LogP contribution in [0, 0.1) is 0 Å². The first-order chi connectivity index (χ1) is 9.24. The molecule has 4 heteroatoms. The molecule has 0 aliphatic heterocycles. The third kappa shape index (κ3) is 3.14. The second-order valence-electron chi connectivity index (χ2n) is 5.18. The van der Waals surface area contributed by atoms with Crippen molar-refractivity contribution >= 4 is 38.6 Å².